The Kier molecular flexibility index (Phi) is 3.41. The molecule has 110 valence electrons. The fourth-order valence-electron chi connectivity index (χ4n) is 3.03. The maximum absolute atomic E-state index is 12.9. The predicted molar refractivity (Wildman–Crippen MR) is 78.8 cm³/mol. The first kappa shape index (κ1) is 13.7. The van der Waals surface area contributed by atoms with E-state index in [0.717, 1.165) is 11.8 Å². The van der Waals surface area contributed by atoms with E-state index < -0.39 is 11.9 Å². The van der Waals surface area contributed by atoms with Crippen molar-refractivity contribution in [2.45, 2.75) is 32.2 Å². The smallest absolute Gasteiger partial charge is 0.258 e. The van der Waals surface area contributed by atoms with Crippen LogP contribution in [-0.4, -0.2) is 29.3 Å². The molecule has 0 spiro atoms. The van der Waals surface area contributed by atoms with Crippen LogP contribution in [0.3, 0.4) is 0 Å². The van der Waals surface area contributed by atoms with Gasteiger partial charge in [0, 0.05) is 18.4 Å². The molecule has 1 aromatic carbocycles. The van der Waals surface area contributed by atoms with Gasteiger partial charge in [0.05, 0.1) is 5.56 Å². The Morgan fingerprint density at radius 1 is 1.38 bits per heavy atom. The average Bonchev–Trinajstić information content (AvgIpc) is 3.10. The summed E-state index contributed by atoms with van der Waals surface area (Å²) in [6.07, 6.45) is 2.07. The van der Waals surface area contributed by atoms with Gasteiger partial charge in [0.1, 0.15) is 17.4 Å². The number of hydrogen-bond donors (Lipinski definition) is 1. The Balaban J connectivity index is 2.07. The van der Waals surface area contributed by atoms with Gasteiger partial charge >= 0.3 is 0 Å². The first-order chi connectivity index (χ1) is 10.1. The van der Waals surface area contributed by atoms with Crippen molar-refractivity contribution in [3.8, 4) is 0 Å². The van der Waals surface area contributed by atoms with Crippen molar-refractivity contribution in [1.29, 1.82) is 0 Å². The number of amides is 2. The quantitative estimate of drug-likeness (QED) is 0.938. The molecule has 21 heavy (non-hydrogen) atoms. The topological polar surface area (TPSA) is 76.5 Å². The minimum atomic E-state index is -0.504. The summed E-state index contributed by atoms with van der Waals surface area (Å²) in [7, 11) is 0. The normalized spacial score (nSPS) is 18.3. The van der Waals surface area contributed by atoms with Crippen LogP contribution in [0, 0.1) is 0 Å². The summed E-state index contributed by atoms with van der Waals surface area (Å²) in [4.78, 5) is 26.0. The Labute approximate surface area is 122 Å². The molecule has 1 aliphatic rings. The molecular weight excluding hydrogens is 268 g/mol. The number of benzene rings is 1. The van der Waals surface area contributed by atoms with E-state index in [1.807, 2.05) is 31.2 Å². The number of nitrogens with two attached hydrogens (primary N) is 1. The fourth-order valence-corrected chi connectivity index (χ4v) is 3.03. The minimum Gasteiger partial charge on any atom is -0.460 e. The number of fused-ring (bicyclic) bond motifs is 1. The number of nitrogens with zero attached hydrogens (tertiary/aromatic N) is 1. The molecule has 3 rings (SSSR count). The van der Waals surface area contributed by atoms with Gasteiger partial charge in [0.25, 0.3) is 5.91 Å². The number of hydrogen-bond acceptors (Lipinski definition) is 3. The van der Waals surface area contributed by atoms with Gasteiger partial charge in [-0.05, 0) is 18.9 Å². The highest BCUT2D eigenvalue weighted by molar-refractivity contribution is 6.08. The molecular formula is C16H18N2O3. The third-order valence-corrected chi connectivity index (χ3v) is 4.05. The Bertz CT molecular complexity index is 705. The average molecular weight is 286 g/mol. The number of para-hydroxylation sites is 1. The molecule has 5 heteroatoms. The third kappa shape index (κ3) is 2.18. The van der Waals surface area contributed by atoms with Crippen molar-refractivity contribution in [3.63, 3.8) is 0 Å². The number of carbonyl (C=O) groups is 2. The van der Waals surface area contributed by atoms with Gasteiger partial charge in [0.15, 0.2) is 0 Å². The summed E-state index contributed by atoms with van der Waals surface area (Å²) >= 11 is 0. The highest BCUT2D eigenvalue weighted by Crippen LogP contribution is 2.30. The molecule has 1 saturated heterocycles. The van der Waals surface area contributed by atoms with Crippen molar-refractivity contribution < 1.29 is 14.0 Å². The molecule has 2 N–H and O–H groups in total. The van der Waals surface area contributed by atoms with Crippen LogP contribution in [0.15, 0.2) is 28.7 Å². The molecule has 2 amide bonds. The summed E-state index contributed by atoms with van der Waals surface area (Å²) in [5.41, 5.74) is 6.68. The van der Waals surface area contributed by atoms with Crippen LogP contribution in [-0.2, 0) is 11.2 Å². The molecule has 2 heterocycles. The van der Waals surface area contributed by atoms with Gasteiger partial charge in [-0.2, -0.15) is 0 Å². The van der Waals surface area contributed by atoms with Gasteiger partial charge in [0.2, 0.25) is 5.91 Å². The van der Waals surface area contributed by atoms with E-state index in [1.54, 1.807) is 4.90 Å². The van der Waals surface area contributed by atoms with Crippen LogP contribution in [0.1, 0.15) is 35.9 Å². The highest BCUT2D eigenvalue weighted by atomic mass is 16.3. The standard InChI is InChI=1S/C16H18N2O3/c1-2-12-14(10-6-3-4-8-13(10)21-12)16(20)18-9-5-7-11(18)15(17)19/h3-4,6,8,11H,2,5,7,9H2,1H3,(H2,17,19)/t11-/m1/s1. The largest absolute Gasteiger partial charge is 0.460 e. The van der Waals surface area contributed by atoms with Crippen molar-refractivity contribution in [2.75, 3.05) is 6.54 Å². The Morgan fingerprint density at radius 2 is 2.14 bits per heavy atom. The maximum atomic E-state index is 12.9. The zero-order valence-electron chi connectivity index (χ0n) is 12.0. The fraction of sp³-hybridized carbons (Fsp3) is 0.375. The SMILES string of the molecule is CCc1oc2ccccc2c1C(=O)N1CCC[C@@H]1C(N)=O. The minimum absolute atomic E-state index is 0.155. The summed E-state index contributed by atoms with van der Waals surface area (Å²) in [5, 5.41) is 0.800. The van der Waals surface area contributed by atoms with Gasteiger partial charge in [-0.1, -0.05) is 25.1 Å². The second kappa shape index (κ2) is 5.24. The molecule has 0 aliphatic carbocycles. The van der Waals surface area contributed by atoms with Crippen LogP contribution in [0.4, 0.5) is 0 Å². The van der Waals surface area contributed by atoms with E-state index in [2.05, 4.69) is 0 Å². The lowest BCUT2D eigenvalue weighted by molar-refractivity contribution is -0.121. The monoisotopic (exact) mass is 286 g/mol. The van der Waals surface area contributed by atoms with E-state index in [4.69, 9.17) is 10.2 Å². The maximum Gasteiger partial charge on any atom is 0.258 e. The molecule has 2 aromatic rings. The number of primary amides is 1. The molecule has 1 aromatic heterocycles. The summed E-state index contributed by atoms with van der Waals surface area (Å²) in [6.45, 7) is 2.51. The van der Waals surface area contributed by atoms with Crippen LogP contribution in [0.25, 0.3) is 11.0 Å². The number of likely N-dealkylation sites (tertiary alicyclic amines) is 1. The molecule has 0 radical (unpaired) electrons. The van der Waals surface area contributed by atoms with E-state index in [9.17, 15) is 9.59 Å². The van der Waals surface area contributed by atoms with Crippen LogP contribution in [0.5, 0.6) is 0 Å². The van der Waals surface area contributed by atoms with Gasteiger partial charge < -0.3 is 15.1 Å². The summed E-state index contributed by atoms with van der Waals surface area (Å²) < 4.78 is 5.76. The Hall–Kier alpha value is -2.30. The summed E-state index contributed by atoms with van der Waals surface area (Å²) in [6, 6.07) is 6.97. The highest BCUT2D eigenvalue weighted by Gasteiger charge is 2.35. The zero-order chi connectivity index (χ0) is 15.0. The van der Waals surface area contributed by atoms with E-state index >= 15 is 0 Å². The molecule has 1 atom stereocenters. The van der Waals surface area contributed by atoms with Gasteiger partial charge in [-0.3, -0.25) is 9.59 Å². The van der Waals surface area contributed by atoms with E-state index in [0.29, 0.717) is 36.3 Å². The first-order valence-corrected chi connectivity index (χ1v) is 7.24. The molecule has 5 nitrogen and oxygen atoms in total. The number of aryl methyl sites for hydroxylation is 1. The number of rotatable bonds is 3. The van der Waals surface area contributed by atoms with Crippen molar-refractivity contribution in [3.05, 3.63) is 35.6 Å². The molecule has 0 unspecified atom stereocenters. The van der Waals surface area contributed by atoms with Crippen molar-refractivity contribution in [1.82, 2.24) is 4.90 Å². The van der Waals surface area contributed by atoms with Crippen molar-refractivity contribution in [2.24, 2.45) is 5.73 Å². The second-order valence-corrected chi connectivity index (χ2v) is 5.31. The second-order valence-electron chi connectivity index (χ2n) is 5.31. The predicted octanol–water partition coefficient (Wildman–Crippen LogP) is 2.09. The van der Waals surface area contributed by atoms with Gasteiger partial charge in [-0.15, -0.1) is 0 Å². The molecule has 1 aliphatic heterocycles. The lowest BCUT2D eigenvalue weighted by Crippen LogP contribution is -2.43. The lowest BCUT2D eigenvalue weighted by atomic mass is 10.1. The van der Waals surface area contributed by atoms with Gasteiger partial charge in [-0.25, -0.2) is 0 Å². The van der Waals surface area contributed by atoms with Crippen LogP contribution in [0.2, 0.25) is 0 Å². The lowest BCUT2D eigenvalue weighted by Gasteiger charge is -2.22. The molecule has 0 saturated carbocycles. The molecule has 1 fully saturated rings. The Morgan fingerprint density at radius 3 is 2.86 bits per heavy atom. The van der Waals surface area contributed by atoms with E-state index in [1.165, 1.54) is 0 Å². The van der Waals surface area contributed by atoms with Crippen molar-refractivity contribution >= 4 is 22.8 Å². The van der Waals surface area contributed by atoms with Crippen LogP contribution < -0.4 is 5.73 Å². The first-order valence-electron chi connectivity index (χ1n) is 7.24. The summed E-state index contributed by atoms with van der Waals surface area (Å²) in [5.74, 6) is 0.0705. The van der Waals surface area contributed by atoms with E-state index in [-0.39, 0.29) is 5.91 Å². The van der Waals surface area contributed by atoms with Crippen LogP contribution >= 0.6 is 0 Å². The third-order valence-electron chi connectivity index (χ3n) is 4.05. The zero-order valence-corrected chi connectivity index (χ0v) is 12.0. The molecule has 0 bridgehead atoms. The number of carbonyl (C=O) groups excluding carboxylic acids is 2. The number of furan rings is 1.